The summed E-state index contributed by atoms with van der Waals surface area (Å²) in [4.78, 5) is 24.6. The van der Waals surface area contributed by atoms with Crippen molar-refractivity contribution in [2.24, 2.45) is 0 Å². The van der Waals surface area contributed by atoms with Gasteiger partial charge in [0.1, 0.15) is 0 Å². The van der Waals surface area contributed by atoms with Crippen LogP contribution in [-0.4, -0.2) is 48.8 Å². The molecule has 0 fully saturated rings. The van der Waals surface area contributed by atoms with E-state index in [1.807, 2.05) is 30.3 Å². The average Bonchev–Trinajstić information content (AvgIpc) is 2.48. The maximum absolute atomic E-state index is 12.3. The van der Waals surface area contributed by atoms with Gasteiger partial charge in [0.2, 0.25) is 5.91 Å². The Balaban J connectivity index is 2.58. The summed E-state index contributed by atoms with van der Waals surface area (Å²) < 4.78 is 4.95. The third-order valence-corrected chi connectivity index (χ3v) is 3.71. The van der Waals surface area contributed by atoms with Crippen LogP contribution in [0.2, 0.25) is 0 Å². The molecule has 1 amide bonds. The minimum Gasteiger partial charge on any atom is -0.481 e. The number of anilines is 1. The molecule has 0 aromatic heterocycles. The first-order chi connectivity index (χ1) is 10.1. The summed E-state index contributed by atoms with van der Waals surface area (Å²) in [6.07, 6.45) is 0.506. The summed E-state index contributed by atoms with van der Waals surface area (Å²) in [6, 6.07) is 9.34. The highest BCUT2D eigenvalue weighted by molar-refractivity contribution is 7.99. The van der Waals surface area contributed by atoms with Crippen molar-refractivity contribution >= 4 is 29.3 Å². The Morgan fingerprint density at radius 2 is 2.00 bits per heavy atom. The molecule has 0 bridgehead atoms. The average molecular weight is 311 g/mol. The number of aliphatic carboxylic acids is 1. The highest BCUT2D eigenvalue weighted by Crippen LogP contribution is 2.16. The molecule has 116 valence electrons. The number of carbonyl (C=O) groups is 2. The fraction of sp³-hybridized carbons (Fsp3) is 0.467. The molecule has 1 N–H and O–H groups in total. The molecular weight excluding hydrogens is 290 g/mol. The lowest BCUT2D eigenvalue weighted by Gasteiger charge is -2.22. The molecule has 5 nitrogen and oxygen atoms in total. The molecule has 0 spiro atoms. The van der Waals surface area contributed by atoms with Crippen LogP contribution in [0.25, 0.3) is 0 Å². The molecule has 0 saturated heterocycles. The van der Waals surface area contributed by atoms with E-state index in [-0.39, 0.29) is 12.3 Å². The van der Waals surface area contributed by atoms with Crippen LogP contribution in [-0.2, 0) is 14.3 Å². The molecule has 6 heteroatoms. The van der Waals surface area contributed by atoms with E-state index in [0.717, 1.165) is 11.4 Å². The Labute approximate surface area is 129 Å². The molecule has 0 heterocycles. The number of ether oxygens (including phenoxy) is 1. The van der Waals surface area contributed by atoms with Gasteiger partial charge in [-0.2, -0.15) is 0 Å². The second kappa shape index (κ2) is 10.2. The van der Waals surface area contributed by atoms with Crippen molar-refractivity contribution in [2.75, 3.05) is 36.7 Å². The number of hydrogen-bond acceptors (Lipinski definition) is 4. The third-order valence-electron chi connectivity index (χ3n) is 2.80. The molecule has 1 aromatic rings. The zero-order valence-electron chi connectivity index (χ0n) is 12.2. The van der Waals surface area contributed by atoms with E-state index in [1.165, 1.54) is 11.8 Å². The number of para-hydroxylation sites is 1. The van der Waals surface area contributed by atoms with Gasteiger partial charge in [0.15, 0.2) is 0 Å². The number of benzene rings is 1. The minimum atomic E-state index is -0.843. The van der Waals surface area contributed by atoms with E-state index < -0.39 is 5.97 Å². The Morgan fingerprint density at radius 1 is 1.29 bits per heavy atom. The van der Waals surface area contributed by atoms with Crippen molar-refractivity contribution in [3.8, 4) is 0 Å². The first-order valence-corrected chi connectivity index (χ1v) is 7.94. The summed E-state index contributed by atoms with van der Waals surface area (Å²) in [6.45, 7) is 1.03. The third kappa shape index (κ3) is 7.15. The number of thioether (sulfide) groups is 1. The topological polar surface area (TPSA) is 66.8 Å². The minimum absolute atomic E-state index is 0.00677. The monoisotopic (exact) mass is 311 g/mol. The van der Waals surface area contributed by atoms with Crippen molar-refractivity contribution in [1.82, 2.24) is 0 Å². The number of methoxy groups -OCH3 is 1. The normalized spacial score (nSPS) is 10.3. The number of nitrogens with zero attached hydrogens (tertiary/aromatic N) is 1. The Morgan fingerprint density at radius 3 is 2.62 bits per heavy atom. The second-order valence-corrected chi connectivity index (χ2v) is 5.53. The fourth-order valence-electron chi connectivity index (χ4n) is 1.77. The first kappa shape index (κ1) is 17.5. The lowest BCUT2D eigenvalue weighted by atomic mass is 10.2. The summed E-state index contributed by atoms with van der Waals surface area (Å²) in [5.41, 5.74) is 0.806. The maximum Gasteiger partial charge on any atom is 0.303 e. The van der Waals surface area contributed by atoms with E-state index >= 15 is 0 Å². The van der Waals surface area contributed by atoms with Crippen LogP contribution in [0, 0.1) is 0 Å². The molecular formula is C15H21NO4S. The van der Waals surface area contributed by atoms with Crippen molar-refractivity contribution in [3.63, 3.8) is 0 Å². The number of carboxylic acids is 1. The van der Waals surface area contributed by atoms with Gasteiger partial charge >= 0.3 is 5.97 Å². The molecule has 0 aliphatic heterocycles. The van der Waals surface area contributed by atoms with Crippen molar-refractivity contribution < 1.29 is 19.4 Å². The van der Waals surface area contributed by atoms with Gasteiger partial charge in [0.25, 0.3) is 0 Å². The summed E-state index contributed by atoms with van der Waals surface area (Å²) in [7, 11) is 1.63. The van der Waals surface area contributed by atoms with E-state index in [1.54, 1.807) is 12.0 Å². The Kier molecular flexibility index (Phi) is 8.54. The zero-order valence-corrected chi connectivity index (χ0v) is 13.0. The standard InChI is InChI=1S/C15H21NO4S/c1-20-10-11-21-12-14(17)16(9-5-8-15(18)19)13-6-3-2-4-7-13/h2-4,6-7H,5,8-12H2,1H3,(H,18,19). The molecule has 0 unspecified atom stereocenters. The van der Waals surface area contributed by atoms with Crippen LogP contribution in [0.15, 0.2) is 30.3 Å². The Hall–Kier alpha value is -1.53. The molecule has 1 aromatic carbocycles. The van der Waals surface area contributed by atoms with Crippen LogP contribution in [0.4, 0.5) is 5.69 Å². The fourth-order valence-corrected chi connectivity index (χ4v) is 2.53. The highest BCUT2D eigenvalue weighted by atomic mass is 32.2. The molecule has 1 rings (SSSR count). The lowest BCUT2D eigenvalue weighted by molar-refractivity contribution is -0.137. The van der Waals surface area contributed by atoms with Crippen molar-refractivity contribution in [1.29, 1.82) is 0 Å². The SMILES string of the molecule is COCCSCC(=O)N(CCCC(=O)O)c1ccccc1. The van der Waals surface area contributed by atoms with E-state index in [0.29, 0.717) is 25.3 Å². The number of rotatable bonds is 10. The van der Waals surface area contributed by atoms with Crippen LogP contribution in [0.1, 0.15) is 12.8 Å². The van der Waals surface area contributed by atoms with Crippen molar-refractivity contribution in [3.05, 3.63) is 30.3 Å². The molecule has 0 aliphatic rings. The van der Waals surface area contributed by atoms with E-state index in [9.17, 15) is 9.59 Å². The van der Waals surface area contributed by atoms with Crippen molar-refractivity contribution in [2.45, 2.75) is 12.8 Å². The number of amides is 1. The molecule has 0 atom stereocenters. The predicted octanol–water partition coefficient (Wildman–Crippen LogP) is 2.26. The van der Waals surface area contributed by atoms with Gasteiger partial charge in [-0.05, 0) is 18.6 Å². The predicted molar refractivity (Wildman–Crippen MR) is 84.9 cm³/mol. The van der Waals surface area contributed by atoms with E-state index in [2.05, 4.69) is 0 Å². The van der Waals surface area contributed by atoms with Gasteiger partial charge in [-0.15, -0.1) is 11.8 Å². The van der Waals surface area contributed by atoms with Gasteiger partial charge < -0.3 is 14.7 Å². The summed E-state index contributed by atoms with van der Waals surface area (Å²) >= 11 is 1.52. The van der Waals surface area contributed by atoms with Gasteiger partial charge in [0.05, 0.1) is 12.4 Å². The van der Waals surface area contributed by atoms with E-state index in [4.69, 9.17) is 9.84 Å². The molecule has 0 aliphatic carbocycles. The number of carboxylic acid groups (broad SMARTS) is 1. The van der Waals surface area contributed by atoms with Crippen LogP contribution >= 0.6 is 11.8 Å². The first-order valence-electron chi connectivity index (χ1n) is 6.79. The Bertz CT molecular complexity index is 439. The molecule has 0 saturated carbocycles. The van der Waals surface area contributed by atoms with Crippen LogP contribution in [0.5, 0.6) is 0 Å². The molecule has 21 heavy (non-hydrogen) atoms. The van der Waals surface area contributed by atoms with Crippen LogP contribution < -0.4 is 4.90 Å². The maximum atomic E-state index is 12.3. The van der Waals surface area contributed by atoms with Gasteiger partial charge in [0, 0.05) is 31.5 Å². The second-order valence-electron chi connectivity index (χ2n) is 4.42. The quantitative estimate of drug-likeness (QED) is 0.671. The summed E-state index contributed by atoms with van der Waals surface area (Å²) in [5.74, 6) is 0.281. The van der Waals surface area contributed by atoms with Gasteiger partial charge in [-0.3, -0.25) is 9.59 Å². The van der Waals surface area contributed by atoms with Gasteiger partial charge in [-0.1, -0.05) is 18.2 Å². The zero-order chi connectivity index (χ0) is 15.5. The lowest BCUT2D eigenvalue weighted by Crippen LogP contribution is -2.33. The van der Waals surface area contributed by atoms with Gasteiger partial charge in [-0.25, -0.2) is 0 Å². The van der Waals surface area contributed by atoms with Crippen LogP contribution in [0.3, 0.4) is 0 Å². The number of hydrogen-bond donors (Lipinski definition) is 1. The smallest absolute Gasteiger partial charge is 0.303 e. The summed E-state index contributed by atoms with van der Waals surface area (Å²) in [5, 5.41) is 8.71. The molecule has 0 radical (unpaired) electrons. The largest absolute Gasteiger partial charge is 0.481 e. The number of carbonyl (C=O) groups excluding carboxylic acids is 1. The highest BCUT2D eigenvalue weighted by Gasteiger charge is 2.15.